The molecule has 0 bridgehead atoms. The van der Waals surface area contributed by atoms with E-state index in [1.165, 1.54) is 105 Å². The maximum Gasteiger partial charge on any atom is 0.0227 e. The minimum atomic E-state index is -0.212. The molecule has 0 amide bonds. The van der Waals surface area contributed by atoms with Gasteiger partial charge in [0.15, 0.2) is 0 Å². The number of hydrogen-bond acceptors (Lipinski definition) is 0. The summed E-state index contributed by atoms with van der Waals surface area (Å²) in [5.74, 6) is 0. The molecule has 10 rings (SSSR count). The molecule has 0 aliphatic heterocycles. The third kappa shape index (κ3) is 4.40. The molecule has 8 aromatic rings. The predicted octanol–water partition coefficient (Wildman–Crippen LogP) is 13.8. The second-order valence-electron chi connectivity index (χ2n) is 16.1. The van der Waals surface area contributed by atoms with E-state index in [9.17, 15) is 0 Å². The predicted molar refractivity (Wildman–Crippen MR) is 221 cm³/mol. The lowest BCUT2D eigenvalue weighted by molar-refractivity contribution is 0.583. The van der Waals surface area contributed by atoms with Crippen LogP contribution in [-0.4, -0.2) is 0 Å². The molecule has 250 valence electrons. The zero-order valence-corrected chi connectivity index (χ0v) is 30.6. The molecule has 0 heterocycles. The average Bonchev–Trinajstić information content (AvgIpc) is 3.55. The minimum absolute atomic E-state index is 0.143. The fraction of sp³-hybridized carbons (Fsp3) is 0.154. The van der Waals surface area contributed by atoms with Gasteiger partial charge in [0.1, 0.15) is 0 Å². The zero-order valence-electron chi connectivity index (χ0n) is 30.6. The number of benzene rings is 8. The van der Waals surface area contributed by atoms with Crippen LogP contribution in [0.3, 0.4) is 0 Å². The Morgan fingerprint density at radius 2 is 1.08 bits per heavy atom. The van der Waals surface area contributed by atoms with Crippen LogP contribution in [0.1, 0.15) is 59.7 Å². The summed E-state index contributed by atoms with van der Waals surface area (Å²) < 4.78 is 0. The van der Waals surface area contributed by atoms with Crippen LogP contribution >= 0.6 is 0 Å². The highest BCUT2D eigenvalue weighted by molar-refractivity contribution is 6.01. The van der Waals surface area contributed by atoms with Crippen molar-refractivity contribution in [2.75, 3.05) is 0 Å². The fourth-order valence-corrected chi connectivity index (χ4v) is 9.95. The molecule has 8 aromatic carbocycles. The summed E-state index contributed by atoms with van der Waals surface area (Å²) in [5, 5.41) is 5.22. The normalized spacial score (nSPS) is 16.5. The molecular formula is C52H42. The summed E-state index contributed by atoms with van der Waals surface area (Å²) in [6, 6.07) is 57.7. The van der Waals surface area contributed by atoms with E-state index in [1.54, 1.807) is 0 Å². The Morgan fingerprint density at radius 1 is 0.423 bits per heavy atom. The van der Waals surface area contributed by atoms with Crippen LogP contribution in [0.25, 0.3) is 66.1 Å². The topological polar surface area (TPSA) is 0 Å². The standard InChI is InChI=1S/C52H42/c1-32-21-25-39-35(28-32)13-11-17-40(39)43-27-24-37(49-44-15-7-8-18-46(44)51(3,4)50(43)49)31-52(5)47-19-9-6-14-41(47)42-26-23-36(30-48(42)52)38-16-10-12-34-22-20-33(2)29-45(34)38/h6-30H,31H2,1-5H3. The molecule has 0 nitrogen and oxygen atoms in total. The first-order chi connectivity index (χ1) is 25.2. The minimum Gasteiger partial charge on any atom is -0.0619 e. The number of hydrogen-bond donors (Lipinski definition) is 0. The van der Waals surface area contributed by atoms with Crippen LogP contribution in [0, 0.1) is 13.8 Å². The van der Waals surface area contributed by atoms with Gasteiger partial charge in [0.25, 0.3) is 0 Å². The van der Waals surface area contributed by atoms with Crippen LogP contribution < -0.4 is 0 Å². The second-order valence-corrected chi connectivity index (χ2v) is 16.1. The van der Waals surface area contributed by atoms with E-state index in [4.69, 9.17) is 0 Å². The highest BCUT2D eigenvalue weighted by Gasteiger charge is 2.43. The zero-order chi connectivity index (χ0) is 35.4. The highest BCUT2D eigenvalue weighted by Crippen LogP contribution is 2.57. The fourth-order valence-electron chi connectivity index (χ4n) is 9.95. The van der Waals surface area contributed by atoms with E-state index in [-0.39, 0.29) is 10.8 Å². The summed E-state index contributed by atoms with van der Waals surface area (Å²) >= 11 is 0. The molecule has 2 aliphatic carbocycles. The van der Waals surface area contributed by atoms with Crippen LogP contribution in [0.5, 0.6) is 0 Å². The Balaban J connectivity index is 1.19. The van der Waals surface area contributed by atoms with Crippen molar-refractivity contribution in [2.24, 2.45) is 0 Å². The van der Waals surface area contributed by atoms with E-state index in [2.05, 4.69) is 186 Å². The van der Waals surface area contributed by atoms with E-state index in [0.29, 0.717) is 0 Å². The monoisotopic (exact) mass is 666 g/mol. The van der Waals surface area contributed by atoms with Crippen molar-refractivity contribution < 1.29 is 0 Å². The molecule has 0 saturated heterocycles. The van der Waals surface area contributed by atoms with Crippen molar-refractivity contribution in [3.8, 4) is 44.5 Å². The first-order valence-electron chi connectivity index (χ1n) is 18.7. The third-order valence-corrected chi connectivity index (χ3v) is 12.4. The van der Waals surface area contributed by atoms with E-state index in [0.717, 1.165) is 6.42 Å². The van der Waals surface area contributed by atoms with Crippen molar-refractivity contribution in [2.45, 2.75) is 51.9 Å². The highest BCUT2D eigenvalue weighted by atomic mass is 14.5. The summed E-state index contributed by atoms with van der Waals surface area (Å²) in [5.41, 5.74) is 20.1. The van der Waals surface area contributed by atoms with Gasteiger partial charge in [-0.25, -0.2) is 0 Å². The first kappa shape index (κ1) is 31.1. The quantitative estimate of drug-likeness (QED) is 0.175. The van der Waals surface area contributed by atoms with Gasteiger partial charge >= 0.3 is 0 Å². The Bertz CT molecular complexity index is 2770. The molecular weight excluding hydrogens is 625 g/mol. The molecule has 0 N–H and O–H groups in total. The lowest BCUT2D eigenvalue weighted by atomic mass is 9.72. The van der Waals surface area contributed by atoms with Gasteiger partial charge in [0.05, 0.1) is 0 Å². The van der Waals surface area contributed by atoms with Gasteiger partial charge < -0.3 is 0 Å². The van der Waals surface area contributed by atoms with Crippen molar-refractivity contribution in [3.05, 3.63) is 191 Å². The van der Waals surface area contributed by atoms with Gasteiger partial charge in [-0.05, 0) is 120 Å². The van der Waals surface area contributed by atoms with Crippen molar-refractivity contribution in [3.63, 3.8) is 0 Å². The summed E-state index contributed by atoms with van der Waals surface area (Å²) in [6.45, 7) is 11.7. The maximum absolute atomic E-state index is 2.51. The molecule has 0 heteroatoms. The van der Waals surface area contributed by atoms with Crippen LogP contribution in [0.2, 0.25) is 0 Å². The SMILES string of the molecule is Cc1ccc2c(-c3ccc(CC4(C)c5ccccc5-c5ccc(-c6cccc7ccc(C)cc67)cc54)c4c3C(C)(C)c3ccccc3-4)cccc2c1. The molecule has 0 spiro atoms. The van der Waals surface area contributed by atoms with Gasteiger partial charge in [-0.15, -0.1) is 0 Å². The third-order valence-electron chi connectivity index (χ3n) is 12.4. The van der Waals surface area contributed by atoms with E-state index < -0.39 is 0 Å². The van der Waals surface area contributed by atoms with Gasteiger partial charge in [-0.3, -0.25) is 0 Å². The molecule has 0 saturated carbocycles. The molecule has 1 unspecified atom stereocenters. The lowest BCUT2D eigenvalue weighted by Crippen LogP contribution is -2.25. The van der Waals surface area contributed by atoms with Gasteiger partial charge in [-0.2, -0.15) is 0 Å². The number of aryl methyl sites for hydroxylation is 2. The van der Waals surface area contributed by atoms with E-state index in [1.807, 2.05) is 0 Å². The van der Waals surface area contributed by atoms with Gasteiger partial charge in [-0.1, -0.05) is 177 Å². The van der Waals surface area contributed by atoms with Gasteiger partial charge in [0.2, 0.25) is 0 Å². The molecule has 1 atom stereocenters. The molecule has 0 radical (unpaired) electrons. The van der Waals surface area contributed by atoms with Crippen molar-refractivity contribution in [1.82, 2.24) is 0 Å². The lowest BCUT2D eigenvalue weighted by Gasteiger charge is -2.31. The van der Waals surface area contributed by atoms with Crippen LogP contribution in [-0.2, 0) is 17.3 Å². The largest absolute Gasteiger partial charge is 0.0619 e. The Labute approximate surface area is 307 Å². The Morgan fingerprint density at radius 3 is 1.92 bits per heavy atom. The smallest absolute Gasteiger partial charge is 0.0227 e. The van der Waals surface area contributed by atoms with Crippen LogP contribution in [0.15, 0.2) is 152 Å². The van der Waals surface area contributed by atoms with Crippen molar-refractivity contribution >= 4 is 21.5 Å². The molecule has 2 aliphatic rings. The molecule has 0 aromatic heterocycles. The second kappa shape index (κ2) is 11.1. The summed E-state index contributed by atoms with van der Waals surface area (Å²) in [7, 11) is 0. The Kier molecular flexibility index (Phi) is 6.65. The van der Waals surface area contributed by atoms with Gasteiger partial charge in [0, 0.05) is 10.8 Å². The number of fused-ring (bicyclic) bond motifs is 8. The number of rotatable bonds is 4. The Hall–Kier alpha value is -5.72. The van der Waals surface area contributed by atoms with Crippen molar-refractivity contribution in [1.29, 1.82) is 0 Å². The molecule has 52 heavy (non-hydrogen) atoms. The molecule has 0 fully saturated rings. The van der Waals surface area contributed by atoms with E-state index >= 15 is 0 Å². The maximum atomic E-state index is 2.51. The first-order valence-corrected chi connectivity index (χ1v) is 18.7. The van der Waals surface area contributed by atoms with Crippen LogP contribution in [0.4, 0.5) is 0 Å². The average molecular weight is 667 g/mol. The summed E-state index contributed by atoms with van der Waals surface area (Å²) in [4.78, 5) is 0. The summed E-state index contributed by atoms with van der Waals surface area (Å²) in [6.07, 6.45) is 0.914.